The molecule has 2 aromatic rings. The van der Waals surface area contributed by atoms with E-state index in [0.29, 0.717) is 25.9 Å². The Hall–Kier alpha value is -3.03. The average Bonchev–Trinajstić information content (AvgIpc) is 2.97. The van der Waals surface area contributed by atoms with Crippen LogP contribution in [0.15, 0.2) is 60.7 Å². The summed E-state index contributed by atoms with van der Waals surface area (Å²) < 4.78 is 10.6. The molecular formula is C24H28N2O5. The van der Waals surface area contributed by atoms with Gasteiger partial charge in [-0.1, -0.05) is 60.7 Å². The lowest BCUT2D eigenvalue weighted by Crippen LogP contribution is -2.44. The summed E-state index contributed by atoms with van der Waals surface area (Å²) in [6.07, 6.45) is 0.699. The first-order valence-corrected chi connectivity index (χ1v) is 10.4. The van der Waals surface area contributed by atoms with Gasteiger partial charge in [-0.15, -0.1) is 0 Å². The Morgan fingerprint density at radius 3 is 2.10 bits per heavy atom. The number of ether oxygens (including phenoxy) is 2. The second kappa shape index (κ2) is 12.0. The van der Waals surface area contributed by atoms with Gasteiger partial charge < -0.3 is 14.8 Å². The number of benzene rings is 2. The van der Waals surface area contributed by atoms with Gasteiger partial charge in [-0.3, -0.25) is 19.3 Å². The third kappa shape index (κ3) is 8.32. The molecule has 1 saturated heterocycles. The third-order valence-electron chi connectivity index (χ3n) is 5.03. The van der Waals surface area contributed by atoms with Crippen LogP contribution in [0.5, 0.6) is 0 Å². The van der Waals surface area contributed by atoms with Crippen molar-refractivity contribution in [3.8, 4) is 0 Å². The standard InChI is InChI=1S/C24H28N2O5/c27-22-11-12-26(16-24(29)31-18-20-9-5-2-6-10-20)15-21(13-22)25-14-23(28)30-17-19-7-3-1-4-8-19/h1-10,21,25H,11-18H2/t21-/m0/s1. The number of carbonyl (C=O) groups excluding carboxylic acids is 3. The molecule has 7 heteroatoms. The molecule has 0 amide bonds. The van der Waals surface area contributed by atoms with E-state index in [9.17, 15) is 14.4 Å². The number of nitrogens with zero attached hydrogens (tertiary/aromatic N) is 1. The smallest absolute Gasteiger partial charge is 0.320 e. The van der Waals surface area contributed by atoms with E-state index < -0.39 is 0 Å². The highest BCUT2D eigenvalue weighted by atomic mass is 16.5. The minimum absolute atomic E-state index is 0.0110. The number of likely N-dealkylation sites (tertiary alicyclic amines) is 1. The summed E-state index contributed by atoms with van der Waals surface area (Å²) in [6.45, 7) is 1.54. The van der Waals surface area contributed by atoms with E-state index >= 15 is 0 Å². The molecule has 31 heavy (non-hydrogen) atoms. The molecule has 1 atom stereocenters. The van der Waals surface area contributed by atoms with Gasteiger partial charge in [-0.05, 0) is 11.1 Å². The Morgan fingerprint density at radius 1 is 0.903 bits per heavy atom. The quantitative estimate of drug-likeness (QED) is 0.617. The summed E-state index contributed by atoms with van der Waals surface area (Å²) in [5.41, 5.74) is 1.84. The van der Waals surface area contributed by atoms with Crippen LogP contribution in [0.25, 0.3) is 0 Å². The van der Waals surface area contributed by atoms with Crippen LogP contribution in [0.3, 0.4) is 0 Å². The molecule has 1 fully saturated rings. The molecule has 3 rings (SSSR count). The fourth-order valence-electron chi connectivity index (χ4n) is 3.39. The molecule has 1 N–H and O–H groups in total. The summed E-state index contributed by atoms with van der Waals surface area (Å²) in [5.74, 6) is -0.608. The van der Waals surface area contributed by atoms with Crippen LogP contribution in [0.4, 0.5) is 0 Å². The lowest BCUT2D eigenvalue weighted by molar-refractivity contribution is -0.147. The predicted molar refractivity (Wildman–Crippen MR) is 115 cm³/mol. The van der Waals surface area contributed by atoms with Crippen LogP contribution < -0.4 is 5.32 Å². The molecule has 1 heterocycles. The van der Waals surface area contributed by atoms with Gasteiger partial charge in [0.15, 0.2) is 0 Å². The van der Waals surface area contributed by atoms with Crippen molar-refractivity contribution >= 4 is 17.7 Å². The fraction of sp³-hybridized carbons (Fsp3) is 0.375. The summed E-state index contributed by atoms with van der Waals surface area (Å²) >= 11 is 0. The van der Waals surface area contributed by atoms with E-state index in [1.807, 2.05) is 65.6 Å². The van der Waals surface area contributed by atoms with Crippen molar-refractivity contribution in [3.05, 3.63) is 71.8 Å². The maximum atomic E-state index is 12.2. The lowest BCUT2D eigenvalue weighted by Gasteiger charge is -2.23. The number of Topliss-reactive ketones (excluding diaryl/α,β-unsaturated/α-hetero) is 1. The Balaban J connectivity index is 1.42. The number of hydrogen-bond donors (Lipinski definition) is 1. The number of hydrogen-bond acceptors (Lipinski definition) is 7. The first kappa shape index (κ1) is 22.7. The van der Waals surface area contributed by atoms with Crippen LogP contribution in [0, 0.1) is 0 Å². The molecule has 0 aromatic heterocycles. The molecule has 0 spiro atoms. The van der Waals surface area contributed by atoms with Gasteiger partial charge in [-0.2, -0.15) is 0 Å². The predicted octanol–water partition coefficient (Wildman–Crippen LogP) is 2.10. The first-order valence-electron chi connectivity index (χ1n) is 10.4. The normalized spacial score (nSPS) is 17.0. The van der Waals surface area contributed by atoms with E-state index in [4.69, 9.17) is 9.47 Å². The number of ketones is 1. The van der Waals surface area contributed by atoms with E-state index in [1.54, 1.807) is 0 Å². The van der Waals surface area contributed by atoms with Crippen molar-refractivity contribution in [2.24, 2.45) is 0 Å². The zero-order valence-corrected chi connectivity index (χ0v) is 17.5. The summed E-state index contributed by atoms with van der Waals surface area (Å²) in [5, 5.41) is 3.10. The van der Waals surface area contributed by atoms with Crippen LogP contribution in [0.2, 0.25) is 0 Å². The first-order chi connectivity index (χ1) is 15.1. The molecule has 0 saturated carbocycles. The zero-order chi connectivity index (χ0) is 21.9. The Bertz CT molecular complexity index is 857. The minimum atomic E-state index is -0.380. The number of carbonyl (C=O) groups is 3. The maximum absolute atomic E-state index is 12.2. The van der Waals surface area contributed by atoms with Gasteiger partial charge in [0.1, 0.15) is 19.0 Å². The molecule has 0 unspecified atom stereocenters. The third-order valence-corrected chi connectivity index (χ3v) is 5.03. The van der Waals surface area contributed by atoms with Crippen LogP contribution in [0.1, 0.15) is 24.0 Å². The van der Waals surface area contributed by atoms with Crippen LogP contribution in [-0.2, 0) is 37.1 Å². The molecule has 1 aliphatic rings. The SMILES string of the molecule is O=C1CCN(CC(=O)OCc2ccccc2)C[C@@H](NCC(=O)OCc2ccccc2)C1. The largest absolute Gasteiger partial charge is 0.460 e. The van der Waals surface area contributed by atoms with Crippen LogP contribution >= 0.6 is 0 Å². The highest BCUT2D eigenvalue weighted by Gasteiger charge is 2.24. The number of esters is 2. The van der Waals surface area contributed by atoms with Crippen LogP contribution in [-0.4, -0.2) is 54.8 Å². The van der Waals surface area contributed by atoms with Crippen molar-refractivity contribution in [2.75, 3.05) is 26.2 Å². The van der Waals surface area contributed by atoms with E-state index in [-0.39, 0.29) is 50.1 Å². The molecule has 164 valence electrons. The lowest BCUT2D eigenvalue weighted by atomic mass is 10.1. The van der Waals surface area contributed by atoms with E-state index in [2.05, 4.69) is 5.32 Å². The van der Waals surface area contributed by atoms with E-state index in [0.717, 1.165) is 11.1 Å². The topological polar surface area (TPSA) is 84.9 Å². The Kier molecular flexibility index (Phi) is 8.75. The molecule has 7 nitrogen and oxygen atoms in total. The minimum Gasteiger partial charge on any atom is -0.460 e. The average molecular weight is 424 g/mol. The zero-order valence-electron chi connectivity index (χ0n) is 17.5. The molecule has 2 aromatic carbocycles. The van der Waals surface area contributed by atoms with Gasteiger partial charge in [0, 0.05) is 32.0 Å². The number of nitrogens with one attached hydrogen (secondary N) is 1. The fourth-order valence-corrected chi connectivity index (χ4v) is 3.39. The van der Waals surface area contributed by atoms with Crippen molar-refractivity contribution < 1.29 is 23.9 Å². The summed E-state index contributed by atoms with van der Waals surface area (Å²) in [7, 11) is 0. The summed E-state index contributed by atoms with van der Waals surface area (Å²) in [6, 6.07) is 18.7. The Labute approximate surface area is 182 Å². The van der Waals surface area contributed by atoms with E-state index in [1.165, 1.54) is 0 Å². The number of rotatable bonds is 9. The molecular weight excluding hydrogens is 396 g/mol. The van der Waals surface area contributed by atoms with Gasteiger partial charge >= 0.3 is 11.9 Å². The monoisotopic (exact) mass is 424 g/mol. The van der Waals surface area contributed by atoms with Gasteiger partial charge in [0.25, 0.3) is 0 Å². The van der Waals surface area contributed by atoms with Crippen molar-refractivity contribution in [1.82, 2.24) is 10.2 Å². The van der Waals surface area contributed by atoms with Gasteiger partial charge in [0.05, 0.1) is 13.1 Å². The highest BCUT2D eigenvalue weighted by Crippen LogP contribution is 2.09. The molecule has 0 radical (unpaired) electrons. The summed E-state index contributed by atoms with van der Waals surface area (Å²) in [4.78, 5) is 38.3. The van der Waals surface area contributed by atoms with Gasteiger partial charge in [0.2, 0.25) is 0 Å². The van der Waals surface area contributed by atoms with Gasteiger partial charge in [-0.25, -0.2) is 0 Å². The molecule has 0 bridgehead atoms. The van der Waals surface area contributed by atoms with Crippen molar-refractivity contribution in [1.29, 1.82) is 0 Å². The molecule has 1 aliphatic heterocycles. The second-order valence-corrected chi connectivity index (χ2v) is 7.60. The Morgan fingerprint density at radius 2 is 1.48 bits per heavy atom. The van der Waals surface area contributed by atoms with Crippen molar-refractivity contribution in [3.63, 3.8) is 0 Å². The second-order valence-electron chi connectivity index (χ2n) is 7.60. The maximum Gasteiger partial charge on any atom is 0.320 e. The highest BCUT2D eigenvalue weighted by molar-refractivity contribution is 5.80. The molecule has 0 aliphatic carbocycles. The van der Waals surface area contributed by atoms with Crippen molar-refractivity contribution in [2.45, 2.75) is 32.1 Å².